The molecule has 0 saturated carbocycles. The molecule has 0 aliphatic heterocycles. The van der Waals surface area contributed by atoms with E-state index in [4.69, 9.17) is 33.3 Å². The molecular weight excluding hydrogens is 469 g/mol. The van der Waals surface area contributed by atoms with Crippen molar-refractivity contribution in [1.82, 2.24) is 24.8 Å². The maximum absolute atomic E-state index is 6.39. The normalized spacial score (nSPS) is 11.5. The highest BCUT2D eigenvalue weighted by Crippen LogP contribution is 2.39. The van der Waals surface area contributed by atoms with Crippen molar-refractivity contribution in [2.75, 3.05) is 0 Å². The van der Waals surface area contributed by atoms with Gasteiger partial charge in [-0.05, 0) is 30.3 Å². The van der Waals surface area contributed by atoms with Gasteiger partial charge in [-0.3, -0.25) is 0 Å². The summed E-state index contributed by atoms with van der Waals surface area (Å²) in [5.74, 6) is 0.580. The quantitative estimate of drug-likeness (QED) is 0.271. The van der Waals surface area contributed by atoms with Gasteiger partial charge in [0, 0.05) is 21.7 Å². The van der Waals surface area contributed by atoms with Crippen molar-refractivity contribution in [2.45, 2.75) is 0 Å². The van der Waals surface area contributed by atoms with Crippen molar-refractivity contribution in [3.05, 3.63) is 76.8 Å². The highest BCUT2D eigenvalue weighted by atomic mass is 35.5. The maximum atomic E-state index is 6.39. The Morgan fingerprint density at radius 2 is 1.52 bits per heavy atom. The molecule has 0 bridgehead atoms. The third-order valence-electron chi connectivity index (χ3n) is 4.84. The van der Waals surface area contributed by atoms with Gasteiger partial charge in [0.05, 0.1) is 15.2 Å². The predicted molar refractivity (Wildman–Crippen MR) is 128 cm³/mol. The number of halogens is 2. The van der Waals surface area contributed by atoms with E-state index in [0.717, 1.165) is 36.9 Å². The highest BCUT2D eigenvalue weighted by Gasteiger charge is 2.19. The third kappa shape index (κ3) is 3.21. The molecule has 6 aromatic rings. The van der Waals surface area contributed by atoms with Gasteiger partial charge in [-0.25, -0.2) is 4.98 Å². The highest BCUT2D eigenvalue weighted by molar-refractivity contribution is 7.22. The average Bonchev–Trinajstić information content (AvgIpc) is 3.48. The second-order valence-corrected chi connectivity index (χ2v) is 9.61. The van der Waals surface area contributed by atoms with Crippen molar-refractivity contribution < 1.29 is 0 Å². The van der Waals surface area contributed by atoms with Crippen LogP contribution in [0.5, 0.6) is 0 Å². The Balaban J connectivity index is 1.50. The van der Waals surface area contributed by atoms with E-state index in [1.165, 1.54) is 11.3 Å². The molecule has 150 valence electrons. The Hall–Kier alpha value is -2.84. The standard InChI is InChI=1S/C22H11Cl2N5S2/c23-12-9-10-15(16(24)11-12)19-26-27-22-29(19)28-21(31-22)14-6-2-1-5-13(14)20-25-17-7-3-4-8-18(17)30-20/h1-11H. The van der Waals surface area contributed by atoms with Crippen LogP contribution in [-0.2, 0) is 0 Å². The molecule has 0 atom stereocenters. The first-order valence-corrected chi connectivity index (χ1v) is 11.7. The van der Waals surface area contributed by atoms with E-state index in [2.05, 4.69) is 28.4 Å². The molecule has 0 spiro atoms. The van der Waals surface area contributed by atoms with Crippen molar-refractivity contribution >= 4 is 61.1 Å². The molecule has 0 saturated heterocycles. The van der Waals surface area contributed by atoms with Gasteiger partial charge in [-0.2, -0.15) is 9.61 Å². The first-order valence-electron chi connectivity index (χ1n) is 9.30. The van der Waals surface area contributed by atoms with E-state index in [1.807, 2.05) is 36.4 Å². The Labute approximate surface area is 194 Å². The van der Waals surface area contributed by atoms with Gasteiger partial charge in [-0.1, -0.05) is 70.9 Å². The second kappa shape index (κ2) is 7.39. The third-order valence-corrected chi connectivity index (χ3v) is 7.39. The summed E-state index contributed by atoms with van der Waals surface area (Å²) in [4.78, 5) is 5.52. The van der Waals surface area contributed by atoms with Crippen molar-refractivity contribution in [1.29, 1.82) is 0 Å². The lowest BCUT2D eigenvalue weighted by Crippen LogP contribution is -1.92. The molecule has 0 radical (unpaired) electrons. The number of rotatable bonds is 3. The molecule has 3 aromatic carbocycles. The summed E-state index contributed by atoms with van der Waals surface area (Å²) in [6.45, 7) is 0. The topological polar surface area (TPSA) is 56.0 Å². The number of aromatic nitrogens is 5. The lowest BCUT2D eigenvalue weighted by molar-refractivity contribution is 0.971. The fourth-order valence-corrected chi connectivity index (χ4v) is 5.78. The van der Waals surface area contributed by atoms with Crippen LogP contribution in [0.15, 0.2) is 66.7 Å². The monoisotopic (exact) mass is 479 g/mol. The molecule has 3 aromatic heterocycles. The number of hydrogen-bond donors (Lipinski definition) is 0. The van der Waals surface area contributed by atoms with Crippen molar-refractivity contribution in [3.8, 4) is 32.5 Å². The molecule has 9 heteroatoms. The fourth-order valence-electron chi connectivity index (χ4n) is 3.41. The molecule has 0 amide bonds. The van der Waals surface area contributed by atoms with Crippen LogP contribution >= 0.6 is 45.9 Å². The number of nitrogens with zero attached hydrogens (tertiary/aromatic N) is 5. The van der Waals surface area contributed by atoms with E-state index >= 15 is 0 Å². The SMILES string of the molecule is Clc1ccc(-c2nnc3sc(-c4ccccc4-c4nc5ccccc5s4)nn23)c(Cl)c1. The zero-order valence-electron chi connectivity index (χ0n) is 15.7. The predicted octanol–water partition coefficient (Wildman–Crippen LogP) is 7.10. The van der Waals surface area contributed by atoms with Crippen molar-refractivity contribution in [2.24, 2.45) is 0 Å². The molecule has 0 fully saturated rings. The van der Waals surface area contributed by atoms with Crippen LogP contribution in [0.1, 0.15) is 0 Å². The molecule has 5 nitrogen and oxygen atoms in total. The van der Waals surface area contributed by atoms with E-state index in [9.17, 15) is 0 Å². The maximum Gasteiger partial charge on any atom is 0.235 e. The zero-order chi connectivity index (χ0) is 20.9. The Bertz CT molecular complexity index is 1550. The van der Waals surface area contributed by atoms with Gasteiger partial charge in [0.1, 0.15) is 10.0 Å². The van der Waals surface area contributed by atoms with Gasteiger partial charge in [0.15, 0.2) is 5.82 Å². The van der Waals surface area contributed by atoms with Gasteiger partial charge in [-0.15, -0.1) is 21.5 Å². The number of thiazole rings is 1. The minimum Gasteiger partial charge on any atom is -0.236 e. The molecule has 31 heavy (non-hydrogen) atoms. The summed E-state index contributed by atoms with van der Waals surface area (Å²) in [5.41, 5.74) is 3.77. The first-order chi connectivity index (χ1) is 15.2. The van der Waals surface area contributed by atoms with Crippen LogP contribution in [0.3, 0.4) is 0 Å². The first kappa shape index (κ1) is 18.9. The number of benzene rings is 3. The Morgan fingerprint density at radius 1 is 0.742 bits per heavy atom. The van der Waals surface area contributed by atoms with Gasteiger partial charge in [0.2, 0.25) is 4.96 Å². The molecule has 0 unspecified atom stereocenters. The lowest BCUT2D eigenvalue weighted by Gasteiger charge is -2.03. The number of fused-ring (bicyclic) bond motifs is 2. The van der Waals surface area contributed by atoms with Crippen LogP contribution in [0.4, 0.5) is 0 Å². The smallest absolute Gasteiger partial charge is 0.235 e. The van der Waals surface area contributed by atoms with E-state index in [0.29, 0.717) is 20.8 Å². The average molecular weight is 480 g/mol. The zero-order valence-corrected chi connectivity index (χ0v) is 18.8. The van der Waals surface area contributed by atoms with E-state index in [-0.39, 0.29) is 0 Å². The second-order valence-electron chi connectivity index (χ2n) is 6.78. The van der Waals surface area contributed by atoms with Gasteiger partial charge in [0.25, 0.3) is 0 Å². The Morgan fingerprint density at radius 3 is 2.32 bits per heavy atom. The molecule has 3 heterocycles. The molecule has 0 N–H and O–H groups in total. The molecule has 6 rings (SSSR count). The molecule has 0 aliphatic carbocycles. The van der Waals surface area contributed by atoms with Gasteiger partial charge < -0.3 is 0 Å². The van der Waals surface area contributed by atoms with Crippen LogP contribution in [0, 0.1) is 0 Å². The summed E-state index contributed by atoms with van der Waals surface area (Å²) in [7, 11) is 0. The van der Waals surface area contributed by atoms with Crippen LogP contribution < -0.4 is 0 Å². The molecular formula is C22H11Cl2N5S2. The van der Waals surface area contributed by atoms with Crippen LogP contribution in [0.25, 0.3) is 47.7 Å². The summed E-state index contributed by atoms with van der Waals surface area (Å²) in [6, 6.07) is 21.6. The van der Waals surface area contributed by atoms with E-state index < -0.39 is 0 Å². The molecule has 0 aliphatic rings. The van der Waals surface area contributed by atoms with E-state index in [1.54, 1.807) is 28.0 Å². The summed E-state index contributed by atoms with van der Waals surface area (Å²) in [5, 5.41) is 16.3. The summed E-state index contributed by atoms with van der Waals surface area (Å²) in [6.07, 6.45) is 0. The minimum absolute atomic E-state index is 0.506. The van der Waals surface area contributed by atoms with Gasteiger partial charge >= 0.3 is 0 Å². The lowest BCUT2D eigenvalue weighted by atomic mass is 10.1. The minimum atomic E-state index is 0.506. The largest absolute Gasteiger partial charge is 0.236 e. The fraction of sp³-hybridized carbons (Fsp3) is 0. The Kier molecular flexibility index (Phi) is 4.50. The van der Waals surface area contributed by atoms with Crippen LogP contribution in [-0.4, -0.2) is 24.8 Å². The number of hydrogen-bond acceptors (Lipinski definition) is 6. The summed E-state index contributed by atoms with van der Waals surface area (Å²) < 4.78 is 2.88. The van der Waals surface area contributed by atoms with Crippen LogP contribution in [0.2, 0.25) is 10.0 Å². The number of para-hydroxylation sites is 1. The summed E-state index contributed by atoms with van der Waals surface area (Å²) >= 11 is 15.6. The van der Waals surface area contributed by atoms with Crippen molar-refractivity contribution in [3.63, 3.8) is 0 Å².